The van der Waals surface area contributed by atoms with Crippen LogP contribution in [0, 0.1) is 24.1 Å². The first-order valence-corrected chi connectivity index (χ1v) is 9.98. The van der Waals surface area contributed by atoms with Crippen LogP contribution in [0.1, 0.15) is 16.7 Å². The van der Waals surface area contributed by atoms with E-state index in [1.54, 1.807) is 55.5 Å². The van der Waals surface area contributed by atoms with Gasteiger partial charge in [0.2, 0.25) is 0 Å². The number of hydrogen-bond donors (Lipinski definition) is 1. The van der Waals surface area contributed by atoms with Crippen molar-refractivity contribution in [3.63, 3.8) is 0 Å². The van der Waals surface area contributed by atoms with Crippen LogP contribution in [-0.4, -0.2) is 5.91 Å². The van der Waals surface area contributed by atoms with Crippen molar-refractivity contribution in [1.82, 2.24) is 0 Å². The maximum Gasteiger partial charge on any atom is 0.266 e. The summed E-state index contributed by atoms with van der Waals surface area (Å²) < 4.78 is 19.2. The first-order chi connectivity index (χ1) is 14.9. The number of nitriles is 1. The molecule has 1 amide bonds. The molecule has 0 spiro atoms. The number of benzene rings is 3. The Labute approximate surface area is 189 Å². The lowest BCUT2D eigenvalue weighted by Gasteiger charge is -2.11. The van der Waals surface area contributed by atoms with Crippen LogP contribution in [0.4, 0.5) is 10.1 Å². The number of rotatable bonds is 6. The number of carbonyl (C=O) groups is 1. The van der Waals surface area contributed by atoms with Crippen LogP contribution in [0.5, 0.6) is 5.75 Å². The standard InChI is InChI=1S/C24H17Cl2FN2O2/c1-15-21(26)6-3-7-22(15)29-24(30)18(13-28)11-17-12-19(25)8-9-23(17)31-14-16-4-2-5-20(27)10-16/h2-12H,14H2,1H3,(H,29,30)/b18-11+. The molecule has 3 aromatic carbocycles. The molecule has 7 heteroatoms. The fourth-order valence-corrected chi connectivity index (χ4v) is 3.14. The van der Waals surface area contributed by atoms with E-state index in [2.05, 4.69) is 5.32 Å². The van der Waals surface area contributed by atoms with Gasteiger partial charge in [0.05, 0.1) is 0 Å². The summed E-state index contributed by atoms with van der Waals surface area (Å²) in [5, 5.41) is 13.1. The predicted octanol–water partition coefficient (Wildman–Crippen LogP) is 6.57. The van der Waals surface area contributed by atoms with E-state index in [-0.39, 0.29) is 18.0 Å². The molecule has 4 nitrogen and oxygen atoms in total. The molecular weight excluding hydrogens is 438 g/mol. The van der Waals surface area contributed by atoms with E-state index in [0.29, 0.717) is 38.2 Å². The van der Waals surface area contributed by atoms with Gasteiger partial charge in [0.15, 0.2) is 0 Å². The zero-order chi connectivity index (χ0) is 22.4. The molecule has 0 aromatic heterocycles. The number of hydrogen-bond acceptors (Lipinski definition) is 3. The molecule has 1 N–H and O–H groups in total. The summed E-state index contributed by atoms with van der Waals surface area (Å²) in [7, 11) is 0. The van der Waals surface area contributed by atoms with Gasteiger partial charge in [-0.2, -0.15) is 5.26 Å². The molecule has 0 radical (unpaired) electrons. The highest BCUT2D eigenvalue weighted by Gasteiger charge is 2.14. The topological polar surface area (TPSA) is 62.1 Å². The van der Waals surface area contributed by atoms with Gasteiger partial charge >= 0.3 is 0 Å². The van der Waals surface area contributed by atoms with Crippen LogP contribution in [0.15, 0.2) is 66.2 Å². The van der Waals surface area contributed by atoms with Crippen LogP contribution in [0.2, 0.25) is 10.0 Å². The number of amides is 1. The Morgan fingerprint density at radius 2 is 1.94 bits per heavy atom. The molecule has 0 aliphatic heterocycles. The van der Waals surface area contributed by atoms with Gasteiger partial charge in [-0.25, -0.2) is 4.39 Å². The third-order valence-electron chi connectivity index (χ3n) is 4.44. The SMILES string of the molecule is Cc1c(Cl)cccc1NC(=O)/C(C#N)=C/c1cc(Cl)ccc1OCc1cccc(F)c1. The van der Waals surface area contributed by atoms with Crippen LogP contribution >= 0.6 is 23.2 Å². The second kappa shape index (κ2) is 10.1. The Kier molecular flexibility index (Phi) is 7.30. The van der Waals surface area contributed by atoms with Crippen molar-refractivity contribution >= 4 is 40.9 Å². The van der Waals surface area contributed by atoms with Crippen molar-refractivity contribution in [3.05, 3.63) is 98.8 Å². The largest absolute Gasteiger partial charge is 0.488 e. The first kappa shape index (κ1) is 22.4. The summed E-state index contributed by atoms with van der Waals surface area (Å²) in [6.07, 6.45) is 1.39. The minimum Gasteiger partial charge on any atom is -0.488 e. The summed E-state index contributed by atoms with van der Waals surface area (Å²) in [5.41, 5.74) is 2.14. The molecule has 0 unspecified atom stereocenters. The Balaban J connectivity index is 1.85. The van der Waals surface area contributed by atoms with E-state index >= 15 is 0 Å². The Hall–Kier alpha value is -3.33. The summed E-state index contributed by atoms with van der Waals surface area (Å²) in [6.45, 7) is 1.87. The molecule has 31 heavy (non-hydrogen) atoms. The number of nitrogens with zero attached hydrogens (tertiary/aromatic N) is 1. The summed E-state index contributed by atoms with van der Waals surface area (Å²) in [6, 6.07) is 17.9. The summed E-state index contributed by atoms with van der Waals surface area (Å²) >= 11 is 12.2. The molecule has 0 bridgehead atoms. The van der Waals surface area contributed by atoms with Crippen LogP contribution < -0.4 is 10.1 Å². The van der Waals surface area contributed by atoms with Gasteiger partial charge in [-0.1, -0.05) is 41.4 Å². The van der Waals surface area contributed by atoms with Crippen molar-refractivity contribution in [2.75, 3.05) is 5.32 Å². The van der Waals surface area contributed by atoms with E-state index in [1.165, 1.54) is 18.2 Å². The van der Waals surface area contributed by atoms with E-state index in [9.17, 15) is 14.4 Å². The van der Waals surface area contributed by atoms with Gasteiger partial charge < -0.3 is 10.1 Å². The molecule has 0 aliphatic rings. The zero-order valence-corrected chi connectivity index (χ0v) is 18.0. The third kappa shape index (κ3) is 5.85. The number of carbonyl (C=O) groups excluding carboxylic acids is 1. The number of ether oxygens (including phenoxy) is 1. The Morgan fingerprint density at radius 3 is 2.68 bits per heavy atom. The average Bonchev–Trinajstić information content (AvgIpc) is 2.74. The summed E-state index contributed by atoms with van der Waals surface area (Å²) in [4.78, 5) is 12.7. The minimum absolute atomic E-state index is 0.107. The number of anilines is 1. The van der Waals surface area contributed by atoms with Gasteiger partial charge in [-0.05, 0) is 66.6 Å². The quantitative estimate of drug-likeness (QED) is 0.338. The molecule has 0 aliphatic carbocycles. The number of halogens is 3. The van der Waals surface area contributed by atoms with Crippen LogP contribution in [-0.2, 0) is 11.4 Å². The molecule has 3 rings (SSSR count). The molecule has 3 aromatic rings. The highest BCUT2D eigenvalue weighted by Crippen LogP contribution is 2.27. The van der Waals surface area contributed by atoms with Crippen molar-refractivity contribution in [2.24, 2.45) is 0 Å². The van der Waals surface area contributed by atoms with E-state index in [0.717, 1.165) is 0 Å². The van der Waals surface area contributed by atoms with E-state index in [1.807, 2.05) is 6.07 Å². The van der Waals surface area contributed by atoms with Crippen LogP contribution in [0.25, 0.3) is 6.08 Å². The van der Waals surface area contributed by atoms with Crippen molar-refractivity contribution in [1.29, 1.82) is 5.26 Å². The van der Waals surface area contributed by atoms with Crippen molar-refractivity contribution < 1.29 is 13.9 Å². The summed E-state index contributed by atoms with van der Waals surface area (Å²) in [5.74, 6) is -0.561. The molecule has 0 saturated heterocycles. The fraction of sp³-hybridized carbons (Fsp3) is 0.0833. The number of nitrogens with one attached hydrogen (secondary N) is 1. The Morgan fingerprint density at radius 1 is 1.16 bits per heavy atom. The van der Waals surface area contributed by atoms with Gasteiger partial charge in [0.25, 0.3) is 5.91 Å². The van der Waals surface area contributed by atoms with Gasteiger partial charge in [-0.3, -0.25) is 4.79 Å². The van der Waals surface area contributed by atoms with E-state index in [4.69, 9.17) is 27.9 Å². The monoisotopic (exact) mass is 454 g/mol. The fourth-order valence-electron chi connectivity index (χ4n) is 2.79. The van der Waals surface area contributed by atoms with E-state index < -0.39 is 5.91 Å². The highest BCUT2D eigenvalue weighted by molar-refractivity contribution is 6.32. The molecule has 0 fully saturated rings. The van der Waals surface area contributed by atoms with Gasteiger partial charge in [0, 0.05) is 21.3 Å². The lowest BCUT2D eigenvalue weighted by Crippen LogP contribution is -2.14. The maximum absolute atomic E-state index is 13.4. The normalized spacial score (nSPS) is 11.0. The predicted molar refractivity (Wildman–Crippen MR) is 121 cm³/mol. The minimum atomic E-state index is -0.594. The van der Waals surface area contributed by atoms with Gasteiger partial charge in [0.1, 0.15) is 29.8 Å². The van der Waals surface area contributed by atoms with Crippen LogP contribution in [0.3, 0.4) is 0 Å². The van der Waals surface area contributed by atoms with Gasteiger partial charge in [-0.15, -0.1) is 0 Å². The maximum atomic E-state index is 13.4. The molecule has 156 valence electrons. The molecular formula is C24H17Cl2FN2O2. The second-order valence-corrected chi connectivity index (χ2v) is 7.48. The molecule has 0 heterocycles. The Bertz CT molecular complexity index is 1200. The molecule has 0 atom stereocenters. The van der Waals surface area contributed by atoms with Crippen molar-refractivity contribution in [2.45, 2.75) is 13.5 Å². The average molecular weight is 455 g/mol. The lowest BCUT2D eigenvalue weighted by molar-refractivity contribution is -0.112. The smallest absolute Gasteiger partial charge is 0.266 e. The highest BCUT2D eigenvalue weighted by atomic mass is 35.5. The zero-order valence-electron chi connectivity index (χ0n) is 16.5. The second-order valence-electron chi connectivity index (χ2n) is 6.64. The van der Waals surface area contributed by atoms with Crippen molar-refractivity contribution in [3.8, 4) is 11.8 Å². The first-order valence-electron chi connectivity index (χ1n) is 9.22. The molecule has 0 saturated carbocycles. The third-order valence-corrected chi connectivity index (χ3v) is 5.08. The lowest BCUT2D eigenvalue weighted by atomic mass is 10.1.